The molecule has 0 aliphatic heterocycles. The highest BCUT2D eigenvalue weighted by Crippen LogP contribution is 2.24. The van der Waals surface area contributed by atoms with E-state index >= 15 is 0 Å². The Morgan fingerprint density at radius 1 is 1.14 bits per heavy atom. The van der Waals surface area contributed by atoms with Gasteiger partial charge in [0.15, 0.2) is 6.61 Å². The molecule has 29 heavy (non-hydrogen) atoms. The molecule has 144 valence electrons. The normalized spacial score (nSPS) is 10.0. The summed E-state index contributed by atoms with van der Waals surface area (Å²) in [6.45, 7) is -0.539. The number of non-ortho nitro benzene ring substituents is 1. The summed E-state index contributed by atoms with van der Waals surface area (Å²) in [6, 6.07) is 16.8. The first-order valence-corrected chi connectivity index (χ1v) is 8.28. The molecule has 0 saturated heterocycles. The molecule has 9 nitrogen and oxygen atoms in total. The molecule has 2 aromatic carbocycles. The van der Waals surface area contributed by atoms with Gasteiger partial charge < -0.3 is 14.5 Å². The predicted octanol–water partition coefficient (Wildman–Crippen LogP) is 3.52. The number of benzene rings is 2. The van der Waals surface area contributed by atoms with Crippen LogP contribution in [-0.4, -0.2) is 23.4 Å². The van der Waals surface area contributed by atoms with Crippen LogP contribution >= 0.6 is 0 Å². The number of nitro benzene ring substituents is 1. The van der Waals surface area contributed by atoms with E-state index in [1.807, 2.05) is 6.07 Å². The number of anilines is 1. The molecule has 0 spiro atoms. The molecular formula is C20H13N3O6. The standard InChI is InChI=1S/C20H13N3O6/c21-11-13-2-1-3-15(10-13)22-19(24)12-28-20(25)18-9-8-17(29-18)14-4-6-16(7-5-14)23(26)27/h1-10H,12H2,(H,22,24). The topological polar surface area (TPSA) is 135 Å². The van der Waals surface area contributed by atoms with Crippen molar-refractivity contribution in [1.29, 1.82) is 5.26 Å². The second kappa shape index (κ2) is 8.49. The zero-order chi connectivity index (χ0) is 20.8. The molecule has 0 unspecified atom stereocenters. The Hall–Kier alpha value is -4.45. The summed E-state index contributed by atoms with van der Waals surface area (Å²) in [4.78, 5) is 34.1. The fourth-order valence-corrected chi connectivity index (χ4v) is 2.42. The molecule has 0 bridgehead atoms. The Kier molecular flexibility index (Phi) is 5.66. The first-order valence-electron chi connectivity index (χ1n) is 8.28. The molecule has 0 saturated carbocycles. The molecule has 0 fully saturated rings. The number of nitrogens with zero attached hydrogens (tertiary/aromatic N) is 2. The van der Waals surface area contributed by atoms with Gasteiger partial charge in [0.2, 0.25) is 5.76 Å². The molecule has 3 rings (SSSR count). The zero-order valence-corrected chi connectivity index (χ0v) is 14.8. The van der Waals surface area contributed by atoms with Crippen LogP contribution in [0.2, 0.25) is 0 Å². The van der Waals surface area contributed by atoms with Crippen LogP contribution in [0.4, 0.5) is 11.4 Å². The lowest BCUT2D eigenvalue weighted by Gasteiger charge is -2.06. The molecule has 3 aromatic rings. The third-order valence-corrected chi connectivity index (χ3v) is 3.78. The Labute approximate surface area is 164 Å². The number of hydrogen-bond acceptors (Lipinski definition) is 7. The second-order valence-corrected chi connectivity index (χ2v) is 5.78. The van der Waals surface area contributed by atoms with E-state index < -0.39 is 23.4 Å². The molecule has 0 radical (unpaired) electrons. The van der Waals surface area contributed by atoms with Gasteiger partial charge in [-0.1, -0.05) is 6.07 Å². The summed E-state index contributed by atoms with van der Waals surface area (Å²) in [5.41, 5.74) is 1.27. The van der Waals surface area contributed by atoms with E-state index in [0.717, 1.165) is 0 Å². The maximum atomic E-state index is 12.1. The van der Waals surface area contributed by atoms with Crippen molar-refractivity contribution in [3.05, 3.63) is 82.1 Å². The Bertz CT molecular complexity index is 1110. The van der Waals surface area contributed by atoms with Crippen LogP contribution in [0, 0.1) is 21.4 Å². The van der Waals surface area contributed by atoms with Gasteiger partial charge in [-0.3, -0.25) is 14.9 Å². The lowest BCUT2D eigenvalue weighted by atomic mass is 10.1. The quantitative estimate of drug-likeness (QED) is 0.386. The van der Waals surface area contributed by atoms with E-state index in [0.29, 0.717) is 22.6 Å². The van der Waals surface area contributed by atoms with Crippen molar-refractivity contribution in [3.63, 3.8) is 0 Å². The fraction of sp³-hybridized carbons (Fsp3) is 0.0500. The molecule has 0 aliphatic carbocycles. The predicted molar refractivity (Wildman–Crippen MR) is 101 cm³/mol. The number of nitriles is 1. The molecule has 1 N–H and O–H groups in total. The minimum atomic E-state index is -0.834. The third-order valence-electron chi connectivity index (χ3n) is 3.78. The molecule has 0 aliphatic rings. The summed E-state index contributed by atoms with van der Waals surface area (Å²) in [7, 11) is 0. The van der Waals surface area contributed by atoms with Crippen molar-refractivity contribution >= 4 is 23.3 Å². The number of rotatable bonds is 6. The maximum absolute atomic E-state index is 12.1. The van der Waals surface area contributed by atoms with Crippen LogP contribution in [0.25, 0.3) is 11.3 Å². The summed E-state index contributed by atoms with van der Waals surface area (Å²) >= 11 is 0. The highest BCUT2D eigenvalue weighted by atomic mass is 16.6. The highest BCUT2D eigenvalue weighted by molar-refractivity contribution is 5.94. The number of carbonyl (C=O) groups excluding carboxylic acids is 2. The van der Waals surface area contributed by atoms with Crippen LogP contribution in [0.3, 0.4) is 0 Å². The summed E-state index contributed by atoms with van der Waals surface area (Å²) in [5.74, 6) is -1.20. The van der Waals surface area contributed by atoms with E-state index in [2.05, 4.69) is 5.32 Å². The van der Waals surface area contributed by atoms with Crippen molar-refractivity contribution in [2.45, 2.75) is 0 Å². The van der Waals surface area contributed by atoms with Crippen LogP contribution in [-0.2, 0) is 9.53 Å². The number of nitro groups is 1. The largest absolute Gasteiger partial charge is 0.450 e. The van der Waals surface area contributed by atoms with Gasteiger partial charge in [-0.05, 0) is 42.5 Å². The Balaban J connectivity index is 1.58. The Morgan fingerprint density at radius 3 is 2.59 bits per heavy atom. The van der Waals surface area contributed by atoms with E-state index in [1.54, 1.807) is 18.2 Å². The van der Waals surface area contributed by atoms with Gasteiger partial charge in [-0.25, -0.2) is 4.79 Å². The molecule has 0 atom stereocenters. The van der Waals surface area contributed by atoms with E-state index in [9.17, 15) is 19.7 Å². The number of amides is 1. The van der Waals surface area contributed by atoms with Crippen molar-refractivity contribution in [1.82, 2.24) is 0 Å². The van der Waals surface area contributed by atoms with Crippen molar-refractivity contribution < 1.29 is 23.7 Å². The number of esters is 1. The molecular weight excluding hydrogens is 378 g/mol. The van der Waals surface area contributed by atoms with E-state index in [-0.39, 0.29) is 11.4 Å². The summed E-state index contributed by atoms with van der Waals surface area (Å²) in [6.07, 6.45) is 0. The number of hydrogen-bond donors (Lipinski definition) is 1. The van der Waals surface area contributed by atoms with Crippen LogP contribution in [0.1, 0.15) is 16.1 Å². The monoisotopic (exact) mass is 391 g/mol. The van der Waals surface area contributed by atoms with Gasteiger partial charge in [0, 0.05) is 23.4 Å². The number of furan rings is 1. The summed E-state index contributed by atoms with van der Waals surface area (Å²) in [5, 5.41) is 22.1. The average molecular weight is 391 g/mol. The van der Waals surface area contributed by atoms with Crippen LogP contribution in [0.5, 0.6) is 0 Å². The SMILES string of the molecule is N#Cc1cccc(NC(=O)COC(=O)c2ccc(-c3ccc([N+](=O)[O-])cc3)o2)c1. The third kappa shape index (κ3) is 4.84. The Morgan fingerprint density at radius 2 is 1.90 bits per heavy atom. The average Bonchev–Trinajstić information content (AvgIpc) is 3.22. The fourth-order valence-electron chi connectivity index (χ4n) is 2.42. The second-order valence-electron chi connectivity index (χ2n) is 5.78. The molecule has 1 heterocycles. The lowest BCUT2D eigenvalue weighted by molar-refractivity contribution is -0.384. The smallest absolute Gasteiger partial charge is 0.374 e. The van der Waals surface area contributed by atoms with Gasteiger partial charge in [-0.2, -0.15) is 5.26 Å². The van der Waals surface area contributed by atoms with Gasteiger partial charge in [-0.15, -0.1) is 0 Å². The lowest BCUT2D eigenvalue weighted by Crippen LogP contribution is -2.20. The van der Waals surface area contributed by atoms with E-state index in [1.165, 1.54) is 42.5 Å². The zero-order valence-electron chi connectivity index (χ0n) is 14.8. The maximum Gasteiger partial charge on any atom is 0.374 e. The first kappa shape index (κ1) is 19.3. The van der Waals surface area contributed by atoms with Gasteiger partial charge >= 0.3 is 5.97 Å². The number of carbonyl (C=O) groups is 2. The number of nitrogens with one attached hydrogen (secondary N) is 1. The first-order chi connectivity index (χ1) is 14.0. The van der Waals surface area contributed by atoms with Crippen LogP contribution in [0.15, 0.2) is 65.1 Å². The van der Waals surface area contributed by atoms with Crippen LogP contribution < -0.4 is 5.32 Å². The van der Waals surface area contributed by atoms with Crippen molar-refractivity contribution in [2.24, 2.45) is 0 Å². The molecule has 9 heteroatoms. The molecule has 1 amide bonds. The number of ether oxygens (including phenoxy) is 1. The van der Waals surface area contributed by atoms with Gasteiger partial charge in [0.05, 0.1) is 16.6 Å². The molecule has 1 aromatic heterocycles. The minimum absolute atomic E-state index is 0.0636. The van der Waals surface area contributed by atoms with Crippen molar-refractivity contribution in [2.75, 3.05) is 11.9 Å². The van der Waals surface area contributed by atoms with Gasteiger partial charge in [0.25, 0.3) is 11.6 Å². The summed E-state index contributed by atoms with van der Waals surface area (Å²) < 4.78 is 10.3. The minimum Gasteiger partial charge on any atom is -0.450 e. The van der Waals surface area contributed by atoms with E-state index in [4.69, 9.17) is 14.4 Å². The van der Waals surface area contributed by atoms with Crippen molar-refractivity contribution in [3.8, 4) is 17.4 Å². The highest BCUT2D eigenvalue weighted by Gasteiger charge is 2.16. The van der Waals surface area contributed by atoms with Gasteiger partial charge in [0.1, 0.15) is 5.76 Å².